The highest BCUT2D eigenvalue weighted by Crippen LogP contribution is 2.09. The number of hydrogen-bond donors (Lipinski definition) is 2. The summed E-state index contributed by atoms with van der Waals surface area (Å²) < 4.78 is 10.2. The van der Waals surface area contributed by atoms with Crippen LogP contribution in [0.3, 0.4) is 0 Å². The van der Waals surface area contributed by atoms with Crippen LogP contribution in [0.4, 0.5) is 0 Å². The Morgan fingerprint density at radius 1 is 0.929 bits per heavy atom. The minimum atomic E-state index is -0.156. The maximum atomic E-state index is 11.3. The van der Waals surface area contributed by atoms with E-state index in [1.807, 2.05) is 25.1 Å². The molecule has 1 fully saturated rings. The van der Waals surface area contributed by atoms with Gasteiger partial charge in [0.15, 0.2) is 0 Å². The van der Waals surface area contributed by atoms with Crippen molar-refractivity contribution in [3.8, 4) is 0 Å². The van der Waals surface area contributed by atoms with E-state index in [1.54, 1.807) is 0 Å². The number of nitrogens with one attached hydrogen (secondary N) is 2. The van der Waals surface area contributed by atoms with E-state index in [1.165, 1.54) is 5.56 Å². The molecule has 0 saturated carbocycles. The molecule has 28 heavy (non-hydrogen) atoms. The summed E-state index contributed by atoms with van der Waals surface area (Å²) in [6.07, 6.45) is 5.12. The van der Waals surface area contributed by atoms with Crippen LogP contribution in [-0.4, -0.2) is 36.8 Å². The standard InChI is InChI=1S/C11H18O4.C7H8.2CHNO/c1-9-5-4-8-14-10(12)6-2-3-7-11(13)15-9;1-7-5-3-2-4-6-7;2*2-1-3/h9H,2-8H2,1H3;2-6H,1H3;2*2H. The molecule has 1 aromatic carbocycles. The third kappa shape index (κ3) is 21.0. The van der Waals surface area contributed by atoms with Gasteiger partial charge in [-0.05, 0) is 39.5 Å². The van der Waals surface area contributed by atoms with Gasteiger partial charge in [-0.15, -0.1) is 0 Å². The van der Waals surface area contributed by atoms with E-state index >= 15 is 0 Å². The summed E-state index contributed by atoms with van der Waals surface area (Å²) in [6, 6.07) is 10.3. The average molecular weight is 392 g/mol. The Morgan fingerprint density at radius 3 is 1.89 bits per heavy atom. The monoisotopic (exact) mass is 392 g/mol. The van der Waals surface area contributed by atoms with E-state index in [0.717, 1.165) is 25.0 Å². The zero-order chi connectivity index (χ0) is 21.6. The Balaban J connectivity index is 0. The quantitative estimate of drug-likeness (QED) is 0.393. The molecule has 1 saturated heterocycles. The van der Waals surface area contributed by atoms with E-state index in [2.05, 4.69) is 19.1 Å². The fourth-order valence-electron chi connectivity index (χ4n) is 2.04. The van der Waals surface area contributed by atoms with Gasteiger partial charge >= 0.3 is 11.9 Å². The first-order valence-electron chi connectivity index (χ1n) is 8.85. The van der Waals surface area contributed by atoms with Crippen LogP contribution >= 0.6 is 0 Å². The van der Waals surface area contributed by atoms with Crippen molar-refractivity contribution in [1.82, 2.24) is 0 Å². The van der Waals surface area contributed by atoms with E-state index in [9.17, 15) is 9.59 Å². The minimum Gasteiger partial charge on any atom is -0.466 e. The number of isocyanates is 2. The third-order valence-electron chi connectivity index (χ3n) is 3.30. The SMILES string of the molecule is CC1CCCOC(=O)CCCCC(=O)O1.Cc1ccccc1.N=C=O.N=C=O. The molecule has 0 bridgehead atoms. The summed E-state index contributed by atoms with van der Waals surface area (Å²) >= 11 is 0. The molecule has 1 atom stereocenters. The van der Waals surface area contributed by atoms with Crippen LogP contribution < -0.4 is 0 Å². The Bertz CT molecular complexity index is 594. The van der Waals surface area contributed by atoms with Crippen LogP contribution in [0.5, 0.6) is 0 Å². The van der Waals surface area contributed by atoms with Gasteiger partial charge in [0.2, 0.25) is 12.2 Å². The average Bonchev–Trinajstić information content (AvgIpc) is 2.64. The van der Waals surface area contributed by atoms with Crippen molar-refractivity contribution in [2.75, 3.05) is 6.61 Å². The van der Waals surface area contributed by atoms with Crippen molar-refractivity contribution in [2.24, 2.45) is 0 Å². The molecule has 2 rings (SSSR count). The number of rotatable bonds is 0. The Hall–Kier alpha value is -3.08. The first-order valence-corrected chi connectivity index (χ1v) is 8.85. The van der Waals surface area contributed by atoms with Crippen molar-refractivity contribution >= 4 is 24.1 Å². The topological polar surface area (TPSA) is 134 Å². The van der Waals surface area contributed by atoms with E-state index in [4.69, 9.17) is 29.9 Å². The summed E-state index contributed by atoms with van der Waals surface area (Å²) in [5, 5.41) is 10.8. The smallest absolute Gasteiger partial charge is 0.306 e. The van der Waals surface area contributed by atoms with E-state index in [0.29, 0.717) is 32.3 Å². The second-order valence-corrected chi connectivity index (χ2v) is 5.73. The number of carbonyl (C=O) groups is 2. The predicted molar refractivity (Wildman–Crippen MR) is 102 cm³/mol. The number of ether oxygens (including phenoxy) is 2. The van der Waals surface area contributed by atoms with Crippen molar-refractivity contribution in [1.29, 1.82) is 10.8 Å². The number of carbonyl (C=O) groups excluding carboxylic acids is 4. The van der Waals surface area contributed by atoms with Gasteiger partial charge in [0, 0.05) is 12.8 Å². The van der Waals surface area contributed by atoms with Gasteiger partial charge in [-0.25, -0.2) is 20.4 Å². The second-order valence-electron chi connectivity index (χ2n) is 5.73. The summed E-state index contributed by atoms with van der Waals surface area (Å²) in [6.45, 7) is 4.38. The highest BCUT2D eigenvalue weighted by molar-refractivity contribution is 5.70. The number of cyclic esters (lactones) is 2. The Morgan fingerprint density at radius 2 is 1.43 bits per heavy atom. The van der Waals surface area contributed by atoms with Crippen molar-refractivity contribution in [3.05, 3.63) is 35.9 Å². The molecular formula is C20H28N2O6. The summed E-state index contributed by atoms with van der Waals surface area (Å²) in [4.78, 5) is 39.1. The molecule has 8 heteroatoms. The molecule has 1 aromatic rings. The molecule has 8 nitrogen and oxygen atoms in total. The minimum absolute atomic E-state index is 0.0735. The van der Waals surface area contributed by atoms with Crippen molar-refractivity contribution in [3.63, 3.8) is 0 Å². The molecular weight excluding hydrogens is 364 g/mol. The van der Waals surface area contributed by atoms with Crippen molar-refractivity contribution in [2.45, 2.75) is 58.5 Å². The number of hydrogen-bond acceptors (Lipinski definition) is 8. The molecule has 2 N–H and O–H groups in total. The van der Waals surface area contributed by atoms with Crippen LogP contribution in [0.1, 0.15) is 51.0 Å². The van der Waals surface area contributed by atoms with E-state index in [-0.39, 0.29) is 18.0 Å². The number of aryl methyl sites for hydroxylation is 1. The normalized spacial score (nSPS) is 16.6. The molecule has 1 unspecified atom stereocenters. The highest BCUT2D eigenvalue weighted by Gasteiger charge is 2.12. The predicted octanol–water partition coefficient (Wildman–Crippen LogP) is 3.61. The largest absolute Gasteiger partial charge is 0.466 e. The summed E-state index contributed by atoms with van der Waals surface area (Å²) in [5.74, 6) is -0.312. The molecule has 1 heterocycles. The number of benzene rings is 1. The fraction of sp³-hybridized carbons (Fsp3) is 0.500. The maximum Gasteiger partial charge on any atom is 0.306 e. The maximum absolute atomic E-state index is 11.3. The van der Waals surface area contributed by atoms with Crippen LogP contribution in [0.15, 0.2) is 30.3 Å². The third-order valence-corrected chi connectivity index (χ3v) is 3.30. The second kappa shape index (κ2) is 20.2. The first-order chi connectivity index (χ1) is 13.4. The highest BCUT2D eigenvalue weighted by atomic mass is 16.5. The van der Waals surface area contributed by atoms with Crippen LogP contribution in [0.25, 0.3) is 0 Å². The molecule has 0 aromatic heterocycles. The van der Waals surface area contributed by atoms with Crippen LogP contribution in [-0.2, 0) is 28.7 Å². The Kier molecular flexibility index (Phi) is 19.6. The zero-order valence-corrected chi connectivity index (χ0v) is 16.4. The molecule has 1 aliphatic heterocycles. The lowest BCUT2D eigenvalue weighted by atomic mass is 10.2. The lowest BCUT2D eigenvalue weighted by Crippen LogP contribution is -2.17. The molecule has 0 aliphatic carbocycles. The zero-order valence-electron chi connectivity index (χ0n) is 16.4. The van der Waals surface area contributed by atoms with Gasteiger partial charge in [0.05, 0.1) is 12.7 Å². The van der Waals surface area contributed by atoms with E-state index < -0.39 is 0 Å². The summed E-state index contributed by atoms with van der Waals surface area (Å²) in [5.41, 5.74) is 1.32. The van der Waals surface area contributed by atoms with Gasteiger partial charge in [0.25, 0.3) is 0 Å². The lowest BCUT2D eigenvalue weighted by Gasteiger charge is -2.14. The lowest BCUT2D eigenvalue weighted by molar-refractivity contribution is -0.151. The van der Waals surface area contributed by atoms with Gasteiger partial charge in [0.1, 0.15) is 0 Å². The van der Waals surface area contributed by atoms with Gasteiger partial charge in [-0.3, -0.25) is 9.59 Å². The molecule has 1 aliphatic rings. The van der Waals surface area contributed by atoms with Gasteiger partial charge in [-0.2, -0.15) is 0 Å². The van der Waals surface area contributed by atoms with Gasteiger partial charge < -0.3 is 9.47 Å². The Labute approximate surface area is 165 Å². The van der Waals surface area contributed by atoms with Crippen LogP contribution in [0, 0.1) is 17.7 Å². The van der Waals surface area contributed by atoms with Gasteiger partial charge in [-0.1, -0.05) is 35.9 Å². The summed E-state index contributed by atoms with van der Waals surface area (Å²) in [7, 11) is 0. The molecule has 0 spiro atoms. The molecule has 0 amide bonds. The van der Waals surface area contributed by atoms with Crippen molar-refractivity contribution < 1.29 is 28.7 Å². The van der Waals surface area contributed by atoms with Crippen LogP contribution in [0.2, 0.25) is 0 Å². The number of esters is 2. The molecule has 154 valence electrons. The fourth-order valence-corrected chi connectivity index (χ4v) is 2.04. The first kappa shape index (κ1) is 27.1. The molecule has 0 radical (unpaired) electrons.